The van der Waals surface area contributed by atoms with E-state index in [2.05, 4.69) is 6.92 Å². The van der Waals surface area contributed by atoms with Gasteiger partial charge in [-0.15, -0.1) is 0 Å². The summed E-state index contributed by atoms with van der Waals surface area (Å²) in [6.07, 6.45) is 5.96. The quantitative estimate of drug-likeness (QED) is 0.419. The highest BCUT2D eigenvalue weighted by atomic mass is 14.5. The van der Waals surface area contributed by atoms with Gasteiger partial charge in [-0.3, -0.25) is 0 Å². The lowest BCUT2D eigenvalue weighted by atomic mass is 10.0. The first-order valence-electron chi connectivity index (χ1n) is 3.75. The predicted octanol–water partition coefficient (Wildman–Crippen LogP) is 2.40. The van der Waals surface area contributed by atoms with E-state index in [4.69, 9.17) is 0 Å². The highest BCUT2D eigenvalue weighted by Gasteiger charge is 2.60. The Balaban J connectivity index is 1.97. The molecule has 0 aromatic rings. The molecule has 0 aliphatic heterocycles. The summed E-state index contributed by atoms with van der Waals surface area (Å²) in [5.41, 5.74) is 0. The molecule has 0 saturated heterocycles. The van der Waals surface area contributed by atoms with Crippen LogP contribution in [0, 0.1) is 17.8 Å². The molecule has 2 unspecified atom stereocenters. The van der Waals surface area contributed by atoms with Gasteiger partial charge >= 0.3 is 0 Å². The molecule has 2 aliphatic rings. The molecule has 0 heteroatoms. The van der Waals surface area contributed by atoms with E-state index >= 15 is 0 Å². The molecule has 8 heavy (non-hydrogen) atoms. The van der Waals surface area contributed by atoms with Crippen LogP contribution in [0.15, 0.2) is 0 Å². The molecule has 0 amide bonds. The zero-order chi connectivity index (χ0) is 5.56. The lowest BCUT2D eigenvalue weighted by Gasteiger charge is -1.96. The Morgan fingerprint density at radius 1 is 1.38 bits per heavy atom. The Morgan fingerprint density at radius 2 is 2.25 bits per heavy atom. The van der Waals surface area contributed by atoms with E-state index in [0.717, 1.165) is 11.8 Å². The summed E-state index contributed by atoms with van der Waals surface area (Å²) in [5, 5.41) is 0. The van der Waals surface area contributed by atoms with Gasteiger partial charge in [0.1, 0.15) is 17.8 Å². The van der Waals surface area contributed by atoms with Gasteiger partial charge in [-0.2, -0.15) is 0 Å². The third kappa shape index (κ3) is 0.489. The van der Waals surface area contributed by atoms with E-state index in [1.165, 1.54) is 25.7 Å². The minimum Gasteiger partial charge on any atom is -0.0447 e. The van der Waals surface area contributed by atoms with Crippen molar-refractivity contribution in [3.63, 3.8) is 0 Å². The highest BCUT2D eigenvalue weighted by molar-refractivity contribution is 5.20. The summed E-state index contributed by atoms with van der Waals surface area (Å²) < 4.78 is 0. The van der Waals surface area contributed by atoms with Gasteiger partial charge < -0.3 is 0 Å². The molecule has 0 bridgehead atoms. The standard InChI is InChI=1S/C8H13/c1-6-7-4-2-3-5-8(6)7/h6-7H,2-5H2,1H3/q+1. The molecule has 0 aromatic heterocycles. The predicted molar refractivity (Wildman–Crippen MR) is 34.4 cm³/mol. The number of hydrogen-bond donors (Lipinski definition) is 0. The Kier molecular flexibility index (Phi) is 0.843. The second-order valence-electron chi connectivity index (χ2n) is 3.22. The van der Waals surface area contributed by atoms with Gasteiger partial charge in [-0.25, -0.2) is 0 Å². The molecule has 2 fully saturated rings. The molecule has 0 radical (unpaired) electrons. The number of rotatable bonds is 0. The molecule has 2 aliphatic carbocycles. The number of hydrogen-bond acceptors (Lipinski definition) is 0. The Hall–Kier alpha value is -0.130. The first kappa shape index (κ1) is 4.72. The van der Waals surface area contributed by atoms with Crippen LogP contribution in [-0.4, -0.2) is 0 Å². The maximum atomic E-state index is 2.38. The first-order valence-corrected chi connectivity index (χ1v) is 3.75. The van der Waals surface area contributed by atoms with Crippen molar-refractivity contribution < 1.29 is 0 Å². The maximum Gasteiger partial charge on any atom is 0.143 e. The van der Waals surface area contributed by atoms with Crippen molar-refractivity contribution in [3.8, 4) is 0 Å². The van der Waals surface area contributed by atoms with Crippen molar-refractivity contribution in [2.45, 2.75) is 32.6 Å². The monoisotopic (exact) mass is 109 g/mol. The van der Waals surface area contributed by atoms with Gasteiger partial charge in [-0.05, 0) is 26.2 Å². The topological polar surface area (TPSA) is 0 Å². The fraction of sp³-hybridized carbons (Fsp3) is 0.875. The van der Waals surface area contributed by atoms with Crippen molar-refractivity contribution in [3.05, 3.63) is 5.92 Å². The fourth-order valence-electron chi connectivity index (χ4n) is 2.08. The SMILES string of the molecule is CC1[C+]2CCCCC21. The average molecular weight is 109 g/mol. The molecule has 2 saturated carbocycles. The molecule has 2 atom stereocenters. The summed E-state index contributed by atoms with van der Waals surface area (Å²) >= 11 is 0. The lowest BCUT2D eigenvalue weighted by Crippen LogP contribution is -1.89. The van der Waals surface area contributed by atoms with Crippen LogP contribution in [0.1, 0.15) is 32.6 Å². The van der Waals surface area contributed by atoms with Crippen LogP contribution < -0.4 is 0 Å². The minimum absolute atomic E-state index is 1.03. The Labute approximate surface area is 51.3 Å². The second kappa shape index (κ2) is 1.43. The van der Waals surface area contributed by atoms with Crippen molar-refractivity contribution in [1.82, 2.24) is 0 Å². The smallest absolute Gasteiger partial charge is 0.0447 e. The lowest BCUT2D eigenvalue weighted by molar-refractivity contribution is 0.562. The fourth-order valence-corrected chi connectivity index (χ4v) is 2.08. The molecule has 44 valence electrons. The Bertz CT molecular complexity index is 84.2. The van der Waals surface area contributed by atoms with Crippen molar-refractivity contribution >= 4 is 0 Å². The van der Waals surface area contributed by atoms with E-state index in [0.29, 0.717) is 0 Å². The minimum atomic E-state index is 1.03. The summed E-state index contributed by atoms with van der Waals surface area (Å²) in [6, 6.07) is 0. The van der Waals surface area contributed by atoms with Crippen LogP contribution in [0.3, 0.4) is 0 Å². The van der Waals surface area contributed by atoms with Crippen LogP contribution in [0.5, 0.6) is 0 Å². The molecule has 0 heterocycles. The average Bonchev–Trinajstić information content (AvgIpc) is 2.46. The van der Waals surface area contributed by atoms with Gasteiger partial charge in [0.2, 0.25) is 0 Å². The van der Waals surface area contributed by atoms with Crippen LogP contribution in [-0.2, 0) is 0 Å². The van der Waals surface area contributed by atoms with Crippen LogP contribution in [0.2, 0.25) is 0 Å². The molecular weight excluding hydrogens is 96.1 g/mol. The maximum absolute atomic E-state index is 2.38. The van der Waals surface area contributed by atoms with Gasteiger partial charge in [0.25, 0.3) is 0 Å². The Morgan fingerprint density at radius 3 is 2.75 bits per heavy atom. The summed E-state index contributed by atoms with van der Waals surface area (Å²) in [6.45, 7) is 2.38. The molecule has 0 nitrogen and oxygen atoms in total. The molecular formula is C8H13+. The van der Waals surface area contributed by atoms with Gasteiger partial charge in [0.05, 0.1) is 6.42 Å². The van der Waals surface area contributed by atoms with Crippen molar-refractivity contribution in [2.75, 3.05) is 0 Å². The van der Waals surface area contributed by atoms with Crippen molar-refractivity contribution in [2.24, 2.45) is 11.8 Å². The molecule has 2 rings (SSSR count). The normalized spacial score (nSPS) is 43.9. The molecule has 0 aromatic carbocycles. The van der Waals surface area contributed by atoms with Gasteiger partial charge in [0, 0.05) is 0 Å². The number of fused-ring (bicyclic) bond motifs is 1. The summed E-state index contributed by atoms with van der Waals surface area (Å²) in [7, 11) is 0. The van der Waals surface area contributed by atoms with E-state index < -0.39 is 0 Å². The van der Waals surface area contributed by atoms with Crippen molar-refractivity contribution in [1.29, 1.82) is 0 Å². The van der Waals surface area contributed by atoms with E-state index in [1.807, 2.05) is 5.92 Å². The van der Waals surface area contributed by atoms with E-state index in [9.17, 15) is 0 Å². The third-order valence-electron chi connectivity index (χ3n) is 2.79. The van der Waals surface area contributed by atoms with Crippen LogP contribution in [0.25, 0.3) is 0 Å². The highest BCUT2D eigenvalue weighted by Crippen LogP contribution is 2.56. The van der Waals surface area contributed by atoms with Crippen LogP contribution in [0.4, 0.5) is 0 Å². The van der Waals surface area contributed by atoms with E-state index in [1.54, 1.807) is 0 Å². The van der Waals surface area contributed by atoms with Gasteiger partial charge in [-0.1, -0.05) is 0 Å². The van der Waals surface area contributed by atoms with Gasteiger partial charge in [0.15, 0.2) is 0 Å². The second-order valence-corrected chi connectivity index (χ2v) is 3.22. The molecule has 0 N–H and O–H groups in total. The summed E-state index contributed by atoms with van der Waals surface area (Å²) in [5.74, 6) is 4.00. The zero-order valence-electron chi connectivity index (χ0n) is 5.48. The zero-order valence-corrected chi connectivity index (χ0v) is 5.48. The largest absolute Gasteiger partial charge is 0.143 e. The van der Waals surface area contributed by atoms with E-state index in [-0.39, 0.29) is 0 Å². The van der Waals surface area contributed by atoms with Crippen LogP contribution >= 0.6 is 0 Å². The molecule has 0 spiro atoms. The first-order chi connectivity index (χ1) is 3.89. The third-order valence-corrected chi connectivity index (χ3v) is 2.79. The summed E-state index contributed by atoms with van der Waals surface area (Å²) in [4.78, 5) is 0.